The molecule has 3 aromatic carbocycles. The van der Waals surface area contributed by atoms with Crippen LogP contribution in [-0.4, -0.2) is 28.4 Å². The Morgan fingerprint density at radius 2 is 1.74 bits per heavy atom. The van der Waals surface area contributed by atoms with Crippen molar-refractivity contribution < 1.29 is 23.5 Å². The maximum Gasteiger partial charge on any atom is 0.335 e. The molecular weight excluding hydrogens is 545 g/mol. The number of halogens is 4. The minimum absolute atomic E-state index is 0.0115. The summed E-state index contributed by atoms with van der Waals surface area (Å²) in [6.45, 7) is 5.87. The molecule has 1 aliphatic heterocycles. The summed E-state index contributed by atoms with van der Waals surface area (Å²) in [7, 11) is 0. The number of carbonyl (C=O) groups is 2. The van der Waals surface area contributed by atoms with Gasteiger partial charge in [-0.15, -0.1) is 0 Å². The number of likely N-dealkylation sites (tertiary alicyclic amines) is 1. The smallest absolute Gasteiger partial charge is 0.335 e. The maximum atomic E-state index is 15.7. The zero-order valence-corrected chi connectivity index (χ0v) is 23.0. The van der Waals surface area contributed by atoms with E-state index in [0.717, 1.165) is 6.07 Å². The lowest BCUT2D eigenvalue weighted by Crippen LogP contribution is -2.41. The minimum Gasteiger partial charge on any atom is -0.478 e. The van der Waals surface area contributed by atoms with Crippen molar-refractivity contribution in [2.45, 2.75) is 38.6 Å². The topological polar surface area (TPSA) is 81.4 Å². The van der Waals surface area contributed by atoms with Crippen LogP contribution in [0.2, 0.25) is 10.0 Å². The number of carboxylic acid groups (broad SMARTS) is 1. The molecule has 4 rings (SSSR count). The summed E-state index contributed by atoms with van der Waals surface area (Å²) in [5, 5.41) is 20.3. The predicted octanol–water partition coefficient (Wildman–Crippen LogP) is 7.68. The van der Waals surface area contributed by atoms with Crippen LogP contribution in [0.15, 0.2) is 60.7 Å². The van der Waals surface area contributed by atoms with Gasteiger partial charge in [0, 0.05) is 34.2 Å². The monoisotopic (exact) mass is 570 g/mol. The lowest BCUT2D eigenvalue weighted by Gasteiger charge is -2.38. The van der Waals surface area contributed by atoms with Gasteiger partial charge in [0.25, 0.3) is 5.91 Å². The van der Waals surface area contributed by atoms with Gasteiger partial charge >= 0.3 is 5.97 Å². The molecule has 0 aliphatic carbocycles. The number of hydrogen-bond acceptors (Lipinski definition) is 3. The third-order valence-electron chi connectivity index (χ3n) is 7.12. The van der Waals surface area contributed by atoms with Crippen LogP contribution in [0, 0.1) is 34.3 Å². The molecule has 202 valence electrons. The van der Waals surface area contributed by atoms with E-state index in [1.807, 2.05) is 20.8 Å². The molecule has 1 heterocycles. The number of rotatable bonds is 5. The van der Waals surface area contributed by atoms with E-state index in [1.54, 1.807) is 0 Å². The predicted molar refractivity (Wildman–Crippen MR) is 145 cm³/mol. The first-order valence-electron chi connectivity index (χ1n) is 12.2. The first-order valence-corrected chi connectivity index (χ1v) is 13.0. The third kappa shape index (κ3) is 5.24. The van der Waals surface area contributed by atoms with Crippen LogP contribution in [0.25, 0.3) is 0 Å². The van der Waals surface area contributed by atoms with Crippen molar-refractivity contribution in [3.05, 3.63) is 105 Å². The van der Waals surface area contributed by atoms with Crippen molar-refractivity contribution >= 4 is 35.1 Å². The molecule has 39 heavy (non-hydrogen) atoms. The lowest BCUT2D eigenvalue weighted by molar-refractivity contribution is 0.0697. The third-order valence-corrected chi connectivity index (χ3v) is 7.64. The first-order chi connectivity index (χ1) is 18.3. The molecule has 1 fully saturated rings. The van der Waals surface area contributed by atoms with Gasteiger partial charge in [-0.2, -0.15) is 5.26 Å². The molecule has 3 unspecified atom stereocenters. The summed E-state index contributed by atoms with van der Waals surface area (Å²) in [6, 6.07) is 14.7. The Bertz CT molecular complexity index is 1500. The summed E-state index contributed by atoms with van der Waals surface area (Å²) in [5.41, 5.74) is -2.20. The van der Waals surface area contributed by atoms with Crippen molar-refractivity contribution in [2.24, 2.45) is 11.3 Å². The second kappa shape index (κ2) is 10.6. The van der Waals surface area contributed by atoms with Gasteiger partial charge in [0.1, 0.15) is 17.0 Å². The highest BCUT2D eigenvalue weighted by Crippen LogP contribution is 2.56. The molecule has 0 bridgehead atoms. The molecule has 1 amide bonds. The van der Waals surface area contributed by atoms with Crippen LogP contribution in [0.3, 0.4) is 0 Å². The van der Waals surface area contributed by atoms with Gasteiger partial charge in [0.05, 0.1) is 22.7 Å². The highest BCUT2D eigenvalue weighted by molar-refractivity contribution is 6.31. The van der Waals surface area contributed by atoms with Gasteiger partial charge in [-0.1, -0.05) is 68.2 Å². The average Bonchev–Trinajstić information content (AvgIpc) is 3.18. The second-order valence-corrected chi connectivity index (χ2v) is 11.8. The van der Waals surface area contributed by atoms with E-state index in [9.17, 15) is 20.0 Å². The fourth-order valence-electron chi connectivity index (χ4n) is 5.62. The van der Waals surface area contributed by atoms with Gasteiger partial charge in [-0.05, 0) is 48.2 Å². The van der Waals surface area contributed by atoms with E-state index in [1.165, 1.54) is 59.5 Å². The molecular formula is C30H26Cl2F2N2O3. The fourth-order valence-corrected chi connectivity index (χ4v) is 5.96. The Morgan fingerprint density at radius 1 is 1.08 bits per heavy atom. The number of nitrogens with zero attached hydrogens (tertiary/aromatic N) is 2. The van der Waals surface area contributed by atoms with Crippen molar-refractivity contribution in [2.75, 3.05) is 6.54 Å². The first kappa shape index (κ1) is 28.5. The number of aromatic carboxylic acids is 1. The number of hydrogen-bond donors (Lipinski definition) is 1. The van der Waals surface area contributed by atoms with E-state index in [2.05, 4.69) is 6.07 Å². The normalized spacial score (nSPS) is 21.0. The number of carboxylic acids is 1. The minimum atomic E-state index is -1.73. The molecule has 1 N–H and O–H groups in total. The van der Waals surface area contributed by atoms with Gasteiger partial charge in [0.2, 0.25) is 0 Å². The molecule has 0 radical (unpaired) electrons. The second-order valence-electron chi connectivity index (χ2n) is 11.0. The van der Waals surface area contributed by atoms with Gasteiger partial charge < -0.3 is 10.0 Å². The summed E-state index contributed by atoms with van der Waals surface area (Å²) in [6.07, 6.45) is 0.389. The molecule has 0 aromatic heterocycles. The molecule has 0 spiro atoms. The highest BCUT2D eigenvalue weighted by Gasteiger charge is 2.60. The summed E-state index contributed by atoms with van der Waals surface area (Å²) in [5.74, 6) is -4.05. The molecule has 5 nitrogen and oxygen atoms in total. The Labute approximate surface area is 235 Å². The summed E-state index contributed by atoms with van der Waals surface area (Å²) < 4.78 is 31.4. The van der Waals surface area contributed by atoms with Crippen LogP contribution in [0.1, 0.15) is 65.1 Å². The van der Waals surface area contributed by atoms with Crippen molar-refractivity contribution in [1.82, 2.24) is 4.90 Å². The fraction of sp³-hybridized carbons (Fsp3) is 0.300. The lowest BCUT2D eigenvalue weighted by atomic mass is 9.63. The molecule has 9 heteroatoms. The molecule has 3 aromatic rings. The standard InChI is InChI=1S/C30H26Cl2F2N2O3/c1-29(2,3)14-19-15-36(27(37)17-6-4-7-18(12-17)28(38)39)26(21-8-5-9-23(32)25(21)34)30(19,16-35)22-11-10-20(31)13-24(22)33/h4-13,19,26H,14-15H2,1-3H3,(H,38,39). The van der Waals surface area contributed by atoms with Crippen LogP contribution in [-0.2, 0) is 5.41 Å². The quantitative estimate of drug-likeness (QED) is 0.341. The maximum absolute atomic E-state index is 15.7. The van der Waals surface area contributed by atoms with Crippen LogP contribution in [0.5, 0.6) is 0 Å². The van der Waals surface area contributed by atoms with E-state index in [4.69, 9.17) is 23.2 Å². The van der Waals surface area contributed by atoms with Gasteiger partial charge in [-0.25, -0.2) is 13.6 Å². The highest BCUT2D eigenvalue weighted by atomic mass is 35.5. The van der Waals surface area contributed by atoms with E-state index in [0.29, 0.717) is 6.42 Å². The van der Waals surface area contributed by atoms with Crippen molar-refractivity contribution in [1.29, 1.82) is 5.26 Å². The zero-order chi connectivity index (χ0) is 28.7. The van der Waals surface area contributed by atoms with Crippen LogP contribution >= 0.6 is 23.2 Å². The number of amides is 1. The van der Waals surface area contributed by atoms with Gasteiger partial charge in [-0.3, -0.25) is 4.79 Å². The van der Waals surface area contributed by atoms with Crippen molar-refractivity contribution in [3.63, 3.8) is 0 Å². The van der Waals surface area contributed by atoms with E-state index >= 15 is 8.78 Å². The SMILES string of the molecule is CC(C)(C)CC1CN(C(=O)c2cccc(C(=O)O)c2)C(c2cccc(Cl)c2F)C1(C#N)c1ccc(Cl)cc1F. The Morgan fingerprint density at radius 3 is 2.36 bits per heavy atom. The van der Waals surface area contributed by atoms with E-state index in [-0.39, 0.29) is 44.3 Å². The summed E-state index contributed by atoms with van der Waals surface area (Å²) in [4.78, 5) is 27.0. The largest absolute Gasteiger partial charge is 0.478 e. The number of nitriles is 1. The average molecular weight is 571 g/mol. The molecule has 1 saturated heterocycles. The molecule has 0 saturated carbocycles. The van der Waals surface area contributed by atoms with Crippen LogP contribution < -0.4 is 0 Å². The summed E-state index contributed by atoms with van der Waals surface area (Å²) >= 11 is 12.2. The zero-order valence-electron chi connectivity index (χ0n) is 21.5. The van der Waals surface area contributed by atoms with Gasteiger partial charge in [0.15, 0.2) is 0 Å². The Kier molecular flexibility index (Phi) is 7.75. The van der Waals surface area contributed by atoms with Crippen LogP contribution in [0.4, 0.5) is 8.78 Å². The Balaban J connectivity index is 2.04. The molecule has 1 aliphatic rings. The number of benzene rings is 3. The van der Waals surface area contributed by atoms with E-state index < -0.39 is 40.9 Å². The Hall–Kier alpha value is -3.47. The molecule has 3 atom stereocenters. The number of carbonyl (C=O) groups excluding carboxylic acids is 1. The van der Waals surface area contributed by atoms with Crippen molar-refractivity contribution in [3.8, 4) is 6.07 Å².